The Kier molecular flexibility index (Phi) is 25.0. The Morgan fingerprint density at radius 3 is 1.32 bits per heavy atom. The molecule has 1 aliphatic heterocycles. The molecule has 1 heterocycles. The summed E-state index contributed by atoms with van der Waals surface area (Å²) in [5.41, 5.74) is 1.20. The van der Waals surface area contributed by atoms with Crippen molar-refractivity contribution in [3.8, 4) is 23.0 Å². The van der Waals surface area contributed by atoms with Crippen molar-refractivity contribution in [3.63, 3.8) is 0 Å². The summed E-state index contributed by atoms with van der Waals surface area (Å²) >= 11 is 0. The lowest BCUT2D eigenvalue weighted by Gasteiger charge is -2.19. The van der Waals surface area contributed by atoms with Crippen LogP contribution in [0, 0.1) is 0 Å². The number of hydrogen-bond donors (Lipinski definition) is 0. The van der Waals surface area contributed by atoms with Crippen LogP contribution in [0.3, 0.4) is 0 Å². The molecular weight excluding hydrogens is 699 g/mol. The highest BCUT2D eigenvalue weighted by Gasteiger charge is 2.22. The summed E-state index contributed by atoms with van der Waals surface area (Å²) in [6.45, 7) is 10.4. The summed E-state index contributed by atoms with van der Waals surface area (Å²) in [4.78, 5) is 22.8. The van der Waals surface area contributed by atoms with Gasteiger partial charge in [0.1, 0.15) is 5.75 Å². The quantitative estimate of drug-likeness (QED) is 0.0406. The number of carbonyl (C=O) groups is 1. The Labute approximate surface area is 342 Å². The van der Waals surface area contributed by atoms with Crippen LogP contribution in [-0.2, 0) is 0 Å². The van der Waals surface area contributed by atoms with E-state index in [0.29, 0.717) is 48.4 Å². The SMILES string of the molecule is CCCCCCCCCCOc1cc(C(=O)Oc2ccc(N=C3N(C)CCN3C)cc2)cc(OCCCCCCCCCC)c1OCCCCCCCCCC. The Morgan fingerprint density at radius 2 is 0.911 bits per heavy atom. The van der Waals surface area contributed by atoms with Crippen molar-refractivity contribution in [2.45, 2.75) is 175 Å². The largest absolute Gasteiger partial charge is 0.490 e. The van der Waals surface area contributed by atoms with Crippen molar-refractivity contribution in [1.29, 1.82) is 0 Å². The second-order valence-electron chi connectivity index (χ2n) is 15.9. The van der Waals surface area contributed by atoms with E-state index in [1.54, 1.807) is 24.3 Å². The van der Waals surface area contributed by atoms with Gasteiger partial charge in [0.15, 0.2) is 11.5 Å². The van der Waals surface area contributed by atoms with Gasteiger partial charge in [0.05, 0.1) is 31.1 Å². The molecule has 8 heteroatoms. The number of carbonyl (C=O) groups excluding carboxylic acids is 1. The molecule has 3 rings (SSSR count). The fourth-order valence-electron chi connectivity index (χ4n) is 7.13. The lowest BCUT2D eigenvalue weighted by Crippen LogP contribution is -2.27. The zero-order valence-corrected chi connectivity index (χ0v) is 36.4. The molecule has 0 bridgehead atoms. The van der Waals surface area contributed by atoms with Crippen LogP contribution in [0.25, 0.3) is 0 Å². The van der Waals surface area contributed by atoms with Gasteiger partial charge in [-0.05, 0) is 55.7 Å². The van der Waals surface area contributed by atoms with Crippen LogP contribution in [0.5, 0.6) is 23.0 Å². The lowest BCUT2D eigenvalue weighted by molar-refractivity contribution is 0.0733. The van der Waals surface area contributed by atoms with Crippen LogP contribution in [-0.4, -0.2) is 68.7 Å². The summed E-state index contributed by atoms with van der Waals surface area (Å²) in [5, 5.41) is 0. The van der Waals surface area contributed by atoms with Crippen molar-refractivity contribution < 1.29 is 23.7 Å². The molecule has 0 aliphatic carbocycles. The molecule has 0 spiro atoms. The molecule has 0 N–H and O–H groups in total. The van der Waals surface area contributed by atoms with E-state index in [1.165, 1.54) is 116 Å². The highest BCUT2D eigenvalue weighted by Crippen LogP contribution is 2.40. The Hall–Kier alpha value is -3.42. The van der Waals surface area contributed by atoms with E-state index in [4.69, 9.17) is 23.9 Å². The third kappa shape index (κ3) is 19.1. The third-order valence-electron chi connectivity index (χ3n) is 10.7. The predicted octanol–water partition coefficient (Wildman–Crippen LogP) is 13.3. The van der Waals surface area contributed by atoms with Crippen molar-refractivity contribution in [2.24, 2.45) is 4.99 Å². The zero-order valence-electron chi connectivity index (χ0n) is 36.4. The summed E-state index contributed by atoms with van der Waals surface area (Å²) in [6, 6.07) is 10.9. The van der Waals surface area contributed by atoms with Crippen molar-refractivity contribution in [3.05, 3.63) is 42.0 Å². The van der Waals surface area contributed by atoms with Gasteiger partial charge in [0, 0.05) is 27.2 Å². The van der Waals surface area contributed by atoms with E-state index in [9.17, 15) is 4.79 Å². The summed E-state index contributed by atoms with van der Waals surface area (Å²) in [6.07, 6.45) is 29.4. The second kappa shape index (κ2) is 29.8. The second-order valence-corrected chi connectivity index (χ2v) is 15.9. The highest BCUT2D eigenvalue weighted by atomic mass is 16.5. The van der Waals surface area contributed by atoms with Gasteiger partial charge in [0.25, 0.3) is 0 Å². The van der Waals surface area contributed by atoms with E-state index in [1.807, 2.05) is 26.2 Å². The van der Waals surface area contributed by atoms with Gasteiger partial charge in [0.2, 0.25) is 11.7 Å². The number of esters is 1. The van der Waals surface area contributed by atoms with Crippen LogP contribution in [0.1, 0.15) is 185 Å². The van der Waals surface area contributed by atoms with Gasteiger partial charge in [-0.1, -0.05) is 156 Å². The molecule has 2 aromatic rings. The van der Waals surface area contributed by atoms with E-state index >= 15 is 0 Å². The maximum atomic E-state index is 13.7. The first-order valence-corrected chi connectivity index (χ1v) is 22.9. The topological polar surface area (TPSA) is 72.8 Å². The summed E-state index contributed by atoms with van der Waals surface area (Å²) in [5.74, 6) is 2.66. The summed E-state index contributed by atoms with van der Waals surface area (Å²) < 4.78 is 25.3. The van der Waals surface area contributed by atoms with Gasteiger partial charge >= 0.3 is 5.97 Å². The number of unbranched alkanes of at least 4 members (excludes halogenated alkanes) is 21. The first-order valence-electron chi connectivity index (χ1n) is 22.9. The molecule has 0 aromatic heterocycles. The van der Waals surface area contributed by atoms with Gasteiger partial charge in [-0.15, -0.1) is 0 Å². The number of hydrogen-bond acceptors (Lipinski definition) is 6. The number of benzene rings is 2. The predicted molar refractivity (Wildman–Crippen MR) is 235 cm³/mol. The minimum atomic E-state index is -0.456. The standard InChI is InChI=1S/C48H79N3O5/c1-6-9-12-15-18-21-24-27-36-53-44-39-41(47(52)56-43-32-30-42(31-33-43)49-48-50(4)34-35-51(48)5)40-45(54-37-28-25-22-19-16-13-10-7-2)46(44)55-38-29-26-23-20-17-14-11-8-3/h30-33,39-40H,6-29,34-38H2,1-5H3. The van der Waals surface area contributed by atoms with E-state index < -0.39 is 5.97 Å². The molecule has 1 fully saturated rings. The van der Waals surface area contributed by atoms with Crippen molar-refractivity contribution in [2.75, 3.05) is 47.0 Å². The first-order chi connectivity index (χ1) is 27.5. The molecule has 1 saturated heterocycles. The van der Waals surface area contributed by atoms with Gasteiger partial charge < -0.3 is 28.7 Å². The van der Waals surface area contributed by atoms with Gasteiger partial charge in [-0.3, -0.25) is 0 Å². The van der Waals surface area contributed by atoms with Crippen LogP contribution < -0.4 is 18.9 Å². The fourth-order valence-corrected chi connectivity index (χ4v) is 7.13. The molecule has 0 radical (unpaired) electrons. The van der Waals surface area contributed by atoms with Crippen LogP contribution in [0.2, 0.25) is 0 Å². The van der Waals surface area contributed by atoms with Crippen LogP contribution in [0.4, 0.5) is 5.69 Å². The monoisotopic (exact) mass is 778 g/mol. The number of guanidine groups is 1. The smallest absolute Gasteiger partial charge is 0.343 e. The molecule has 0 atom stereocenters. The minimum absolute atomic E-state index is 0.389. The molecular formula is C48H79N3O5. The number of nitrogens with zero attached hydrogens (tertiary/aromatic N) is 3. The van der Waals surface area contributed by atoms with Crippen LogP contribution >= 0.6 is 0 Å². The van der Waals surface area contributed by atoms with Crippen molar-refractivity contribution >= 4 is 17.6 Å². The van der Waals surface area contributed by atoms with Gasteiger partial charge in [-0.25, -0.2) is 9.79 Å². The molecule has 2 aromatic carbocycles. The first kappa shape index (κ1) is 47.0. The Morgan fingerprint density at radius 1 is 0.536 bits per heavy atom. The highest BCUT2D eigenvalue weighted by molar-refractivity contribution is 5.93. The van der Waals surface area contributed by atoms with Crippen LogP contribution in [0.15, 0.2) is 41.4 Å². The Bertz CT molecular complexity index is 1290. The average Bonchev–Trinajstić information content (AvgIpc) is 3.52. The zero-order chi connectivity index (χ0) is 40.1. The van der Waals surface area contributed by atoms with E-state index in [2.05, 4.69) is 30.6 Å². The lowest BCUT2D eigenvalue weighted by atomic mass is 10.1. The van der Waals surface area contributed by atoms with E-state index in [0.717, 1.165) is 63.3 Å². The third-order valence-corrected chi connectivity index (χ3v) is 10.7. The normalized spacial score (nSPS) is 12.7. The van der Waals surface area contributed by atoms with Crippen molar-refractivity contribution in [1.82, 2.24) is 9.80 Å². The molecule has 0 unspecified atom stereocenters. The number of ether oxygens (including phenoxy) is 4. The Balaban J connectivity index is 1.73. The molecule has 1 aliphatic rings. The van der Waals surface area contributed by atoms with Gasteiger partial charge in [-0.2, -0.15) is 0 Å². The molecule has 8 nitrogen and oxygen atoms in total. The molecule has 316 valence electrons. The number of aliphatic imine (C=N–C) groups is 1. The molecule has 56 heavy (non-hydrogen) atoms. The number of likely N-dealkylation sites (N-methyl/N-ethyl adjacent to an activating group) is 2. The fraction of sp³-hybridized carbons (Fsp3) is 0.708. The maximum Gasteiger partial charge on any atom is 0.343 e. The number of rotatable bonds is 33. The minimum Gasteiger partial charge on any atom is -0.490 e. The average molecular weight is 778 g/mol. The summed E-state index contributed by atoms with van der Waals surface area (Å²) in [7, 11) is 4.10. The van der Waals surface area contributed by atoms with E-state index in [-0.39, 0.29) is 0 Å². The molecule has 0 saturated carbocycles. The molecule has 0 amide bonds. The maximum absolute atomic E-state index is 13.7.